The number of hydrogen-bond acceptors (Lipinski definition) is 4. The highest BCUT2D eigenvalue weighted by Crippen LogP contribution is 2.42. The highest BCUT2D eigenvalue weighted by Gasteiger charge is 2.48. The van der Waals surface area contributed by atoms with Crippen molar-refractivity contribution in [2.24, 2.45) is 5.41 Å². The van der Waals surface area contributed by atoms with Crippen molar-refractivity contribution in [2.75, 3.05) is 7.11 Å². The predicted octanol–water partition coefficient (Wildman–Crippen LogP) is 1.69. The van der Waals surface area contributed by atoms with E-state index < -0.39 is 0 Å². The third-order valence-electron chi connectivity index (χ3n) is 3.80. The lowest BCUT2D eigenvalue weighted by molar-refractivity contribution is -0.0979. The number of hydrogen-bond donors (Lipinski definition) is 2. The van der Waals surface area contributed by atoms with Gasteiger partial charge in [0.2, 0.25) is 0 Å². The minimum atomic E-state index is 0.172. The van der Waals surface area contributed by atoms with Crippen LogP contribution in [0.1, 0.15) is 26.0 Å². The third kappa shape index (κ3) is 2.42. The van der Waals surface area contributed by atoms with Crippen LogP contribution >= 0.6 is 0 Å². The first-order chi connectivity index (χ1) is 8.04. The van der Waals surface area contributed by atoms with Crippen LogP contribution in [0.3, 0.4) is 0 Å². The monoisotopic (exact) mass is 236 g/mol. The molecule has 1 aromatic heterocycles. The van der Waals surface area contributed by atoms with E-state index in [0.29, 0.717) is 12.1 Å². The van der Waals surface area contributed by atoms with Gasteiger partial charge in [-0.25, -0.2) is 0 Å². The zero-order valence-corrected chi connectivity index (χ0v) is 10.6. The number of methoxy groups -OCH3 is 1. The van der Waals surface area contributed by atoms with E-state index in [1.165, 1.54) is 6.20 Å². The van der Waals surface area contributed by atoms with Crippen LogP contribution in [0.2, 0.25) is 0 Å². The fraction of sp³-hybridized carbons (Fsp3) is 0.615. The van der Waals surface area contributed by atoms with Crippen LogP contribution in [0.15, 0.2) is 18.3 Å². The zero-order chi connectivity index (χ0) is 12.5. The van der Waals surface area contributed by atoms with Crippen LogP contribution in [-0.2, 0) is 11.3 Å². The molecule has 1 aliphatic carbocycles. The van der Waals surface area contributed by atoms with Gasteiger partial charge in [-0.05, 0) is 18.6 Å². The van der Waals surface area contributed by atoms with Crippen LogP contribution in [-0.4, -0.2) is 29.3 Å². The lowest BCUT2D eigenvalue weighted by Gasteiger charge is -2.51. The van der Waals surface area contributed by atoms with Gasteiger partial charge in [-0.3, -0.25) is 4.98 Å². The summed E-state index contributed by atoms with van der Waals surface area (Å²) in [6.07, 6.45) is 2.86. The fourth-order valence-corrected chi connectivity index (χ4v) is 2.38. The highest BCUT2D eigenvalue weighted by atomic mass is 16.5. The Kier molecular flexibility index (Phi) is 3.35. The van der Waals surface area contributed by atoms with E-state index in [9.17, 15) is 0 Å². The topological polar surface area (TPSA) is 54.4 Å². The van der Waals surface area contributed by atoms with Gasteiger partial charge in [0.15, 0.2) is 0 Å². The van der Waals surface area contributed by atoms with Gasteiger partial charge in [-0.15, -0.1) is 0 Å². The molecule has 1 fully saturated rings. The second kappa shape index (κ2) is 4.63. The second-order valence-corrected chi connectivity index (χ2v) is 5.22. The summed E-state index contributed by atoms with van der Waals surface area (Å²) < 4.78 is 5.41. The summed E-state index contributed by atoms with van der Waals surface area (Å²) in [7, 11) is 1.77. The summed E-state index contributed by atoms with van der Waals surface area (Å²) in [6.45, 7) is 5.16. The molecule has 2 atom stereocenters. The first-order valence-corrected chi connectivity index (χ1v) is 5.94. The summed E-state index contributed by atoms with van der Waals surface area (Å²) >= 11 is 0. The quantitative estimate of drug-likeness (QED) is 0.835. The van der Waals surface area contributed by atoms with Gasteiger partial charge < -0.3 is 15.2 Å². The molecule has 0 aromatic carbocycles. The van der Waals surface area contributed by atoms with Crippen molar-refractivity contribution < 1.29 is 9.84 Å². The Balaban J connectivity index is 1.86. The number of aromatic hydroxyl groups is 1. The molecule has 2 rings (SSSR count). The second-order valence-electron chi connectivity index (χ2n) is 5.22. The van der Waals surface area contributed by atoms with Gasteiger partial charge in [0, 0.05) is 25.1 Å². The molecule has 4 nitrogen and oxygen atoms in total. The maximum atomic E-state index is 9.14. The van der Waals surface area contributed by atoms with Crippen molar-refractivity contribution >= 4 is 0 Å². The summed E-state index contributed by atoms with van der Waals surface area (Å²) in [6, 6.07) is 3.96. The van der Waals surface area contributed by atoms with E-state index in [2.05, 4.69) is 24.1 Å². The SMILES string of the molecule is COC1CC(NCc2ccc(O)cn2)C1(C)C. The number of nitrogens with one attached hydrogen (secondary N) is 1. The number of pyridine rings is 1. The molecule has 2 unspecified atom stereocenters. The van der Waals surface area contributed by atoms with Crippen molar-refractivity contribution in [3.05, 3.63) is 24.0 Å². The van der Waals surface area contributed by atoms with E-state index in [1.54, 1.807) is 13.2 Å². The van der Waals surface area contributed by atoms with E-state index >= 15 is 0 Å². The van der Waals surface area contributed by atoms with Gasteiger partial charge in [-0.2, -0.15) is 0 Å². The largest absolute Gasteiger partial charge is 0.506 e. The fourth-order valence-electron chi connectivity index (χ4n) is 2.38. The lowest BCUT2D eigenvalue weighted by Crippen LogP contribution is -2.60. The van der Waals surface area contributed by atoms with E-state index in [-0.39, 0.29) is 11.2 Å². The van der Waals surface area contributed by atoms with Gasteiger partial charge >= 0.3 is 0 Å². The summed E-state index contributed by atoms with van der Waals surface area (Å²) in [5, 5.41) is 12.6. The van der Waals surface area contributed by atoms with Crippen LogP contribution in [0.25, 0.3) is 0 Å². The molecule has 0 radical (unpaired) electrons. The van der Waals surface area contributed by atoms with E-state index in [1.807, 2.05) is 6.07 Å². The molecule has 94 valence electrons. The van der Waals surface area contributed by atoms with Crippen molar-refractivity contribution in [2.45, 2.75) is 39.0 Å². The molecule has 1 heterocycles. The van der Waals surface area contributed by atoms with Crippen molar-refractivity contribution in [3.8, 4) is 5.75 Å². The van der Waals surface area contributed by atoms with Crippen LogP contribution in [0, 0.1) is 5.41 Å². The van der Waals surface area contributed by atoms with Crippen molar-refractivity contribution in [1.82, 2.24) is 10.3 Å². The Morgan fingerprint density at radius 2 is 2.29 bits per heavy atom. The summed E-state index contributed by atoms with van der Waals surface area (Å²) in [5.41, 5.74) is 1.12. The van der Waals surface area contributed by atoms with Crippen LogP contribution < -0.4 is 5.32 Å². The van der Waals surface area contributed by atoms with E-state index in [0.717, 1.165) is 18.7 Å². The molecule has 0 spiro atoms. The van der Waals surface area contributed by atoms with Crippen molar-refractivity contribution in [1.29, 1.82) is 0 Å². The van der Waals surface area contributed by atoms with E-state index in [4.69, 9.17) is 9.84 Å². The Morgan fingerprint density at radius 3 is 2.82 bits per heavy atom. The molecule has 1 aromatic rings. The van der Waals surface area contributed by atoms with Gasteiger partial charge in [-0.1, -0.05) is 13.8 Å². The number of rotatable bonds is 4. The normalized spacial score (nSPS) is 26.5. The molecule has 1 aliphatic rings. The first kappa shape index (κ1) is 12.3. The molecule has 2 N–H and O–H groups in total. The van der Waals surface area contributed by atoms with Crippen LogP contribution in [0.4, 0.5) is 0 Å². The Bertz CT molecular complexity index is 376. The molecule has 0 aliphatic heterocycles. The van der Waals surface area contributed by atoms with Gasteiger partial charge in [0.25, 0.3) is 0 Å². The molecule has 17 heavy (non-hydrogen) atoms. The average Bonchev–Trinajstić information content (AvgIpc) is 2.30. The third-order valence-corrected chi connectivity index (χ3v) is 3.80. The molecular weight excluding hydrogens is 216 g/mol. The van der Waals surface area contributed by atoms with Crippen LogP contribution in [0.5, 0.6) is 5.75 Å². The minimum absolute atomic E-state index is 0.172. The molecule has 1 saturated carbocycles. The Morgan fingerprint density at radius 1 is 1.53 bits per heavy atom. The molecule has 0 saturated heterocycles. The number of ether oxygens (including phenoxy) is 1. The Hall–Kier alpha value is -1.13. The maximum absolute atomic E-state index is 9.14. The van der Waals surface area contributed by atoms with Gasteiger partial charge in [0.1, 0.15) is 5.75 Å². The van der Waals surface area contributed by atoms with Gasteiger partial charge in [0.05, 0.1) is 18.0 Å². The smallest absolute Gasteiger partial charge is 0.133 e. The highest BCUT2D eigenvalue weighted by molar-refractivity contribution is 5.18. The van der Waals surface area contributed by atoms with Crippen molar-refractivity contribution in [3.63, 3.8) is 0 Å². The lowest BCUT2D eigenvalue weighted by atomic mass is 9.64. The molecule has 0 bridgehead atoms. The maximum Gasteiger partial charge on any atom is 0.133 e. The summed E-state index contributed by atoms with van der Waals surface area (Å²) in [5.74, 6) is 0.206. The number of nitrogens with zero attached hydrogens (tertiary/aromatic N) is 1. The Labute approximate surface area is 102 Å². The summed E-state index contributed by atoms with van der Waals surface area (Å²) in [4.78, 5) is 4.15. The first-order valence-electron chi connectivity index (χ1n) is 5.94. The predicted molar refractivity (Wildman–Crippen MR) is 65.7 cm³/mol. The average molecular weight is 236 g/mol. The minimum Gasteiger partial charge on any atom is -0.506 e. The zero-order valence-electron chi connectivity index (χ0n) is 10.6. The molecule has 4 heteroatoms. The molecule has 0 amide bonds. The standard InChI is InChI=1S/C13H20N2O2/c1-13(2)11(6-12(13)17-3)15-7-9-4-5-10(16)8-14-9/h4-5,8,11-12,15-16H,6-7H2,1-3H3. The molecular formula is C13H20N2O2. The number of aromatic nitrogens is 1.